The van der Waals surface area contributed by atoms with Gasteiger partial charge < -0.3 is 10.6 Å². The van der Waals surface area contributed by atoms with E-state index in [1.54, 1.807) is 0 Å². The van der Waals surface area contributed by atoms with Crippen molar-refractivity contribution < 1.29 is 4.79 Å². The largest absolute Gasteiger partial charge is 0.353 e. The molecule has 1 saturated heterocycles. The van der Waals surface area contributed by atoms with Gasteiger partial charge in [0.25, 0.3) is 0 Å². The van der Waals surface area contributed by atoms with Crippen molar-refractivity contribution in [2.75, 3.05) is 18.1 Å². The number of benzene rings is 1. The van der Waals surface area contributed by atoms with Gasteiger partial charge in [0.1, 0.15) is 0 Å². The van der Waals surface area contributed by atoms with Gasteiger partial charge in [-0.15, -0.1) is 12.4 Å². The van der Waals surface area contributed by atoms with E-state index < -0.39 is 0 Å². The van der Waals surface area contributed by atoms with Crippen LogP contribution in [0.2, 0.25) is 0 Å². The Balaban J connectivity index is 0.00000161. The lowest BCUT2D eigenvalue weighted by atomic mass is 9.88. The van der Waals surface area contributed by atoms with Gasteiger partial charge in [0.05, 0.1) is 0 Å². The molecule has 0 radical (unpaired) electrons. The van der Waals surface area contributed by atoms with Crippen LogP contribution in [0.15, 0.2) is 24.3 Å². The third-order valence-electron chi connectivity index (χ3n) is 4.14. The van der Waals surface area contributed by atoms with Gasteiger partial charge in [-0.1, -0.05) is 24.3 Å². The van der Waals surface area contributed by atoms with E-state index >= 15 is 0 Å². The first-order chi connectivity index (χ1) is 9.81. The molecule has 3 rings (SSSR count). The Kier molecular flexibility index (Phi) is 6.40. The van der Waals surface area contributed by atoms with Crippen LogP contribution in [-0.2, 0) is 17.6 Å². The summed E-state index contributed by atoms with van der Waals surface area (Å²) in [4.78, 5) is 12.1. The molecule has 2 N–H and O–H groups in total. The van der Waals surface area contributed by atoms with E-state index in [4.69, 9.17) is 0 Å². The summed E-state index contributed by atoms with van der Waals surface area (Å²) in [5, 5.41) is 6.64. The molecule has 0 spiro atoms. The number of hydrogen-bond acceptors (Lipinski definition) is 3. The molecule has 0 saturated carbocycles. The van der Waals surface area contributed by atoms with Crippen LogP contribution in [0, 0.1) is 0 Å². The van der Waals surface area contributed by atoms with Crippen LogP contribution in [0.1, 0.15) is 24.0 Å². The highest BCUT2D eigenvalue weighted by Crippen LogP contribution is 2.21. The van der Waals surface area contributed by atoms with Crippen molar-refractivity contribution in [2.24, 2.45) is 0 Å². The van der Waals surface area contributed by atoms with Crippen LogP contribution in [-0.4, -0.2) is 36.0 Å². The lowest BCUT2D eigenvalue weighted by Gasteiger charge is -2.27. The maximum Gasteiger partial charge on any atom is 0.221 e. The molecule has 3 nitrogen and oxygen atoms in total. The number of carbonyl (C=O) groups excluding carboxylic acids is 1. The molecule has 5 heteroatoms. The highest BCUT2D eigenvalue weighted by molar-refractivity contribution is 7.99. The monoisotopic (exact) mass is 326 g/mol. The molecule has 1 aliphatic carbocycles. The third-order valence-corrected chi connectivity index (χ3v) is 5.27. The molecule has 1 heterocycles. The maximum atomic E-state index is 12.1. The molecule has 1 fully saturated rings. The lowest BCUT2D eigenvalue weighted by molar-refractivity contribution is -0.122. The van der Waals surface area contributed by atoms with Crippen LogP contribution in [0.4, 0.5) is 0 Å². The van der Waals surface area contributed by atoms with Crippen molar-refractivity contribution >= 4 is 30.1 Å². The highest BCUT2D eigenvalue weighted by atomic mass is 35.5. The summed E-state index contributed by atoms with van der Waals surface area (Å²) in [5.74, 6) is 2.42. The average molecular weight is 327 g/mol. The summed E-state index contributed by atoms with van der Waals surface area (Å²) in [6, 6.07) is 9.25. The first-order valence-corrected chi connectivity index (χ1v) is 8.64. The Bertz CT molecular complexity index is 477. The third kappa shape index (κ3) is 4.63. The number of rotatable bonds is 3. The minimum absolute atomic E-state index is 0. The van der Waals surface area contributed by atoms with Gasteiger partial charge in [-0.2, -0.15) is 11.8 Å². The van der Waals surface area contributed by atoms with Gasteiger partial charge in [0.2, 0.25) is 5.91 Å². The van der Waals surface area contributed by atoms with E-state index in [-0.39, 0.29) is 18.3 Å². The molecule has 1 aromatic carbocycles. The number of amides is 1. The molecule has 1 amide bonds. The van der Waals surface area contributed by atoms with Crippen LogP contribution in [0.3, 0.4) is 0 Å². The molecule has 1 aliphatic heterocycles. The molecule has 2 atom stereocenters. The number of carbonyl (C=O) groups is 1. The lowest BCUT2D eigenvalue weighted by Crippen LogP contribution is -2.44. The zero-order valence-corrected chi connectivity index (χ0v) is 13.8. The van der Waals surface area contributed by atoms with Gasteiger partial charge in [-0.3, -0.25) is 4.79 Å². The molecule has 116 valence electrons. The molecular formula is C16H23ClN2OS. The summed E-state index contributed by atoms with van der Waals surface area (Å²) < 4.78 is 0. The zero-order chi connectivity index (χ0) is 13.8. The fourth-order valence-corrected chi connectivity index (χ4v) is 4.03. The molecule has 2 aliphatic rings. The van der Waals surface area contributed by atoms with Gasteiger partial charge in [0.15, 0.2) is 0 Å². The molecule has 0 bridgehead atoms. The summed E-state index contributed by atoms with van der Waals surface area (Å²) >= 11 is 1.94. The second kappa shape index (κ2) is 8.06. The number of nitrogens with one attached hydrogen (secondary N) is 2. The van der Waals surface area contributed by atoms with Gasteiger partial charge in [-0.05, 0) is 30.4 Å². The van der Waals surface area contributed by atoms with Crippen molar-refractivity contribution in [1.82, 2.24) is 10.6 Å². The number of halogens is 1. The van der Waals surface area contributed by atoms with Crippen molar-refractivity contribution in [3.05, 3.63) is 35.4 Å². The zero-order valence-electron chi connectivity index (χ0n) is 12.1. The number of hydrogen-bond donors (Lipinski definition) is 2. The second-order valence-corrected chi connectivity index (χ2v) is 6.86. The van der Waals surface area contributed by atoms with E-state index in [1.165, 1.54) is 11.1 Å². The Morgan fingerprint density at radius 3 is 2.90 bits per heavy atom. The van der Waals surface area contributed by atoms with Gasteiger partial charge in [-0.25, -0.2) is 0 Å². The number of aryl methyl sites for hydroxylation is 1. The van der Waals surface area contributed by atoms with Crippen LogP contribution < -0.4 is 10.6 Å². The second-order valence-electron chi connectivity index (χ2n) is 5.71. The molecule has 21 heavy (non-hydrogen) atoms. The van der Waals surface area contributed by atoms with Gasteiger partial charge >= 0.3 is 0 Å². The maximum absolute atomic E-state index is 12.1. The Hall–Kier alpha value is -0.710. The summed E-state index contributed by atoms with van der Waals surface area (Å²) in [6.07, 6.45) is 3.74. The predicted octanol–water partition coefficient (Wildman–Crippen LogP) is 2.18. The summed E-state index contributed by atoms with van der Waals surface area (Å²) in [6.45, 7) is 1.03. The van der Waals surface area contributed by atoms with Crippen molar-refractivity contribution in [3.63, 3.8) is 0 Å². The van der Waals surface area contributed by atoms with E-state index in [0.29, 0.717) is 18.5 Å². The predicted molar refractivity (Wildman–Crippen MR) is 91.4 cm³/mol. The fourth-order valence-electron chi connectivity index (χ4n) is 3.08. The number of fused-ring (bicyclic) bond motifs is 1. The minimum Gasteiger partial charge on any atom is -0.353 e. The molecule has 1 aromatic rings. The van der Waals surface area contributed by atoms with Crippen LogP contribution >= 0.6 is 24.2 Å². The smallest absolute Gasteiger partial charge is 0.221 e. The standard InChI is InChI=1S/C16H22N2OS.ClH/c19-16(10-15-11-20-8-7-17-15)18-14-6-5-12-3-1-2-4-13(12)9-14;/h1-4,14-15,17H,5-11H2,(H,18,19);1H. The summed E-state index contributed by atoms with van der Waals surface area (Å²) in [7, 11) is 0. The van der Waals surface area contributed by atoms with E-state index in [0.717, 1.165) is 37.3 Å². The minimum atomic E-state index is 0. The van der Waals surface area contributed by atoms with E-state index in [2.05, 4.69) is 34.9 Å². The Morgan fingerprint density at radius 1 is 1.33 bits per heavy atom. The topological polar surface area (TPSA) is 41.1 Å². The van der Waals surface area contributed by atoms with Crippen LogP contribution in [0.5, 0.6) is 0 Å². The average Bonchev–Trinajstić information content (AvgIpc) is 2.48. The first kappa shape index (κ1) is 16.7. The quantitative estimate of drug-likeness (QED) is 0.894. The highest BCUT2D eigenvalue weighted by Gasteiger charge is 2.22. The molecule has 0 aromatic heterocycles. The summed E-state index contributed by atoms with van der Waals surface area (Å²) in [5.41, 5.74) is 2.85. The van der Waals surface area contributed by atoms with Crippen LogP contribution in [0.25, 0.3) is 0 Å². The van der Waals surface area contributed by atoms with Crippen molar-refractivity contribution in [3.8, 4) is 0 Å². The fraction of sp³-hybridized carbons (Fsp3) is 0.562. The molecule has 2 unspecified atom stereocenters. The van der Waals surface area contributed by atoms with Crippen molar-refractivity contribution in [1.29, 1.82) is 0 Å². The van der Waals surface area contributed by atoms with Gasteiger partial charge in [0, 0.05) is 36.6 Å². The van der Waals surface area contributed by atoms with Crippen molar-refractivity contribution in [2.45, 2.75) is 37.8 Å². The van der Waals surface area contributed by atoms with E-state index in [1.807, 2.05) is 11.8 Å². The molecular weight excluding hydrogens is 304 g/mol. The van der Waals surface area contributed by atoms with E-state index in [9.17, 15) is 4.79 Å². The number of thioether (sulfide) groups is 1. The first-order valence-electron chi connectivity index (χ1n) is 7.48. The Labute approximate surface area is 137 Å². The SMILES string of the molecule is Cl.O=C(CC1CSCCN1)NC1CCc2ccccc2C1. The normalized spacial score (nSPS) is 24.6. The Morgan fingerprint density at radius 2 is 2.14 bits per heavy atom.